The number of fused-ring (bicyclic) bond motifs is 1. The number of aromatic nitrogens is 2. The quantitative estimate of drug-likeness (QED) is 0.733. The highest BCUT2D eigenvalue weighted by molar-refractivity contribution is 6.05. The van der Waals surface area contributed by atoms with Gasteiger partial charge in [-0.25, -0.2) is 4.79 Å². The van der Waals surface area contributed by atoms with E-state index in [1.165, 1.54) is 4.57 Å². The molecule has 7 heteroatoms. The number of pyridine rings is 2. The summed E-state index contributed by atoms with van der Waals surface area (Å²) in [7, 11) is 2.04. The molecule has 0 amide bonds. The van der Waals surface area contributed by atoms with Crippen LogP contribution in [0.25, 0.3) is 10.9 Å². The molecule has 0 radical (unpaired) electrons. The number of hydrogen-bond acceptors (Lipinski definition) is 5. The second-order valence-electron chi connectivity index (χ2n) is 7.55. The number of hydrogen-bond donors (Lipinski definition) is 1. The van der Waals surface area contributed by atoms with Crippen molar-refractivity contribution in [3.8, 4) is 0 Å². The first kappa shape index (κ1) is 19.1. The second-order valence-corrected chi connectivity index (χ2v) is 7.55. The highest BCUT2D eigenvalue weighted by Gasteiger charge is 2.27. The van der Waals surface area contributed by atoms with Crippen molar-refractivity contribution in [2.45, 2.75) is 13.5 Å². The van der Waals surface area contributed by atoms with Crippen LogP contribution in [-0.2, 0) is 6.54 Å². The lowest BCUT2D eigenvalue weighted by Crippen LogP contribution is -2.46. The normalized spacial score (nSPS) is 15.0. The highest BCUT2D eigenvalue weighted by atomic mass is 16.4. The van der Waals surface area contributed by atoms with Crippen LogP contribution in [-0.4, -0.2) is 58.8 Å². The molecule has 1 saturated heterocycles. The average molecular weight is 392 g/mol. The Hall–Kier alpha value is -3.19. The standard InChI is InChI=1S/C22H24N4O3/c1-15-6-7-18-17(13-15)20(25-11-9-24(2)10-12-25)19(22(28)29)21(27)26(18)14-16-5-3-4-8-23-16/h3-8,13H,9-12,14H2,1-2H3,(H,28,29). The van der Waals surface area contributed by atoms with Crippen molar-refractivity contribution in [2.24, 2.45) is 0 Å². The molecule has 7 nitrogen and oxygen atoms in total. The van der Waals surface area contributed by atoms with Gasteiger partial charge >= 0.3 is 5.97 Å². The molecule has 1 fully saturated rings. The van der Waals surface area contributed by atoms with E-state index in [0.717, 1.165) is 29.6 Å². The van der Waals surface area contributed by atoms with Crippen molar-refractivity contribution < 1.29 is 9.90 Å². The zero-order chi connectivity index (χ0) is 20.5. The monoisotopic (exact) mass is 392 g/mol. The summed E-state index contributed by atoms with van der Waals surface area (Å²) in [6.07, 6.45) is 1.67. The highest BCUT2D eigenvalue weighted by Crippen LogP contribution is 2.31. The summed E-state index contributed by atoms with van der Waals surface area (Å²) in [6.45, 7) is 5.21. The summed E-state index contributed by atoms with van der Waals surface area (Å²) >= 11 is 0. The molecule has 0 unspecified atom stereocenters. The van der Waals surface area contributed by atoms with Gasteiger partial charge in [-0.3, -0.25) is 9.78 Å². The average Bonchev–Trinajstić information content (AvgIpc) is 2.71. The van der Waals surface area contributed by atoms with E-state index in [1.54, 1.807) is 6.20 Å². The maximum Gasteiger partial charge on any atom is 0.343 e. The predicted octanol–water partition coefficient (Wildman–Crippen LogP) is 2.20. The zero-order valence-corrected chi connectivity index (χ0v) is 16.6. The van der Waals surface area contributed by atoms with Crippen molar-refractivity contribution in [3.05, 3.63) is 69.8 Å². The molecule has 150 valence electrons. The van der Waals surface area contributed by atoms with Gasteiger partial charge in [0.25, 0.3) is 5.56 Å². The van der Waals surface area contributed by atoms with Crippen LogP contribution in [0.2, 0.25) is 0 Å². The number of aryl methyl sites for hydroxylation is 1. The first-order chi connectivity index (χ1) is 14.0. The molecule has 0 atom stereocenters. The SMILES string of the molecule is Cc1ccc2c(c1)c(N1CCN(C)CC1)c(C(=O)O)c(=O)n2Cc1ccccn1. The number of benzene rings is 1. The van der Waals surface area contributed by atoms with Crippen molar-refractivity contribution in [1.82, 2.24) is 14.5 Å². The number of carboxylic acid groups (broad SMARTS) is 1. The summed E-state index contributed by atoms with van der Waals surface area (Å²) in [4.78, 5) is 34.1. The van der Waals surface area contributed by atoms with Gasteiger partial charge in [-0.05, 0) is 38.2 Å². The lowest BCUT2D eigenvalue weighted by Gasteiger charge is -2.35. The Kier molecular flexibility index (Phi) is 5.07. The number of carboxylic acids is 1. The van der Waals surface area contributed by atoms with Crippen LogP contribution in [0.15, 0.2) is 47.4 Å². The topological polar surface area (TPSA) is 78.7 Å². The van der Waals surface area contributed by atoms with Gasteiger partial charge in [0, 0.05) is 37.8 Å². The van der Waals surface area contributed by atoms with Crippen LogP contribution in [0, 0.1) is 6.92 Å². The van der Waals surface area contributed by atoms with Crippen LogP contribution in [0.4, 0.5) is 5.69 Å². The van der Waals surface area contributed by atoms with E-state index >= 15 is 0 Å². The van der Waals surface area contributed by atoms with Gasteiger partial charge in [-0.15, -0.1) is 0 Å². The zero-order valence-electron chi connectivity index (χ0n) is 16.6. The molecule has 29 heavy (non-hydrogen) atoms. The third kappa shape index (κ3) is 3.61. The molecule has 0 bridgehead atoms. The van der Waals surface area contributed by atoms with E-state index in [2.05, 4.69) is 9.88 Å². The fourth-order valence-corrected chi connectivity index (χ4v) is 3.92. The van der Waals surface area contributed by atoms with E-state index in [4.69, 9.17) is 0 Å². The first-order valence-corrected chi connectivity index (χ1v) is 9.69. The number of aromatic carboxylic acids is 1. The largest absolute Gasteiger partial charge is 0.477 e. The molecule has 0 saturated carbocycles. The Bertz CT molecular complexity index is 1120. The maximum absolute atomic E-state index is 13.4. The lowest BCUT2D eigenvalue weighted by atomic mass is 10.0. The van der Waals surface area contributed by atoms with Gasteiger partial charge in [-0.1, -0.05) is 17.7 Å². The fraction of sp³-hybridized carbons (Fsp3) is 0.318. The Balaban J connectivity index is 1.99. The Morgan fingerprint density at radius 3 is 2.55 bits per heavy atom. The summed E-state index contributed by atoms with van der Waals surface area (Å²) in [5, 5.41) is 10.8. The molecule has 2 aromatic heterocycles. The Morgan fingerprint density at radius 2 is 1.90 bits per heavy atom. The number of carbonyl (C=O) groups is 1. The van der Waals surface area contributed by atoms with Crippen molar-refractivity contribution in [1.29, 1.82) is 0 Å². The molecule has 3 aromatic rings. The van der Waals surface area contributed by atoms with E-state index < -0.39 is 11.5 Å². The predicted molar refractivity (Wildman–Crippen MR) is 113 cm³/mol. The Labute approximate surface area is 168 Å². The molecule has 3 heterocycles. The van der Waals surface area contributed by atoms with Gasteiger partial charge in [0.15, 0.2) is 0 Å². The summed E-state index contributed by atoms with van der Waals surface area (Å²) in [5.41, 5.74) is 2.33. The van der Waals surface area contributed by atoms with Gasteiger partial charge in [0.1, 0.15) is 5.56 Å². The van der Waals surface area contributed by atoms with Crippen LogP contribution in [0.1, 0.15) is 21.6 Å². The minimum Gasteiger partial charge on any atom is -0.477 e. The van der Waals surface area contributed by atoms with E-state index in [-0.39, 0.29) is 12.1 Å². The summed E-state index contributed by atoms with van der Waals surface area (Å²) in [6, 6.07) is 11.3. The third-order valence-corrected chi connectivity index (χ3v) is 5.47. The minimum atomic E-state index is -1.19. The smallest absolute Gasteiger partial charge is 0.343 e. The molecule has 1 aliphatic heterocycles. The third-order valence-electron chi connectivity index (χ3n) is 5.47. The van der Waals surface area contributed by atoms with Crippen molar-refractivity contribution in [2.75, 3.05) is 38.1 Å². The van der Waals surface area contributed by atoms with Gasteiger partial charge in [-0.2, -0.15) is 0 Å². The Morgan fingerprint density at radius 1 is 1.14 bits per heavy atom. The van der Waals surface area contributed by atoms with Crippen LogP contribution >= 0.6 is 0 Å². The molecule has 0 aliphatic carbocycles. The number of rotatable bonds is 4. The summed E-state index contributed by atoms with van der Waals surface area (Å²) in [5.74, 6) is -1.19. The van der Waals surface area contributed by atoms with Crippen LogP contribution < -0.4 is 10.5 Å². The molecule has 4 rings (SSSR count). The van der Waals surface area contributed by atoms with Crippen molar-refractivity contribution >= 4 is 22.6 Å². The van der Waals surface area contributed by atoms with Gasteiger partial charge in [0.2, 0.25) is 0 Å². The van der Waals surface area contributed by atoms with E-state index in [0.29, 0.717) is 24.5 Å². The van der Waals surface area contributed by atoms with E-state index in [9.17, 15) is 14.7 Å². The first-order valence-electron chi connectivity index (χ1n) is 9.69. The molecule has 1 aliphatic rings. The molecular formula is C22H24N4O3. The fourth-order valence-electron chi connectivity index (χ4n) is 3.92. The van der Waals surface area contributed by atoms with Crippen LogP contribution in [0.5, 0.6) is 0 Å². The van der Waals surface area contributed by atoms with E-state index in [1.807, 2.05) is 55.3 Å². The number of likely N-dealkylation sites (N-methyl/N-ethyl adjacent to an activating group) is 1. The minimum absolute atomic E-state index is 0.163. The maximum atomic E-state index is 13.4. The molecule has 0 spiro atoms. The van der Waals surface area contributed by atoms with Crippen LogP contribution in [0.3, 0.4) is 0 Å². The number of piperazine rings is 1. The molecule has 1 N–H and O–H groups in total. The number of anilines is 1. The summed E-state index contributed by atoms with van der Waals surface area (Å²) < 4.78 is 1.53. The van der Waals surface area contributed by atoms with Crippen molar-refractivity contribution in [3.63, 3.8) is 0 Å². The molecular weight excluding hydrogens is 368 g/mol. The number of nitrogens with zero attached hydrogens (tertiary/aromatic N) is 4. The van der Waals surface area contributed by atoms with Gasteiger partial charge in [0.05, 0.1) is 23.4 Å². The lowest BCUT2D eigenvalue weighted by molar-refractivity contribution is 0.0695. The van der Waals surface area contributed by atoms with Gasteiger partial charge < -0.3 is 19.5 Å². The second kappa shape index (κ2) is 7.67. The molecule has 1 aromatic carbocycles.